The Kier molecular flexibility index (Phi) is 4.16. The van der Waals surface area contributed by atoms with E-state index in [2.05, 4.69) is 20.5 Å². The lowest BCUT2D eigenvalue weighted by Gasteiger charge is -1.96. The van der Waals surface area contributed by atoms with E-state index < -0.39 is 4.92 Å². The third-order valence-electron chi connectivity index (χ3n) is 3.86. The molecule has 7 nitrogen and oxygen atoms in total. The third-order valence-corrected chi connectivity index (χ3v) is 4.61. The highest BCUT2D eigenvalue weighted by Crippen LogP contribution is 2.26. The molecule has 0 fully saturated rings. The number of nitro groups is 1. The normalized spacial score (nSPS) is 11.2. The Bertz CT molecular complexity index is 1100. The van der Waals surface area contributed by atoms with Crippen molar-refractivity contribution in [2.45, 2.75) is 0 Å². The van der Waals surface area contributed by atoms with Gasteiger partial charge in [-0.1, -0.05) is 18.2 Å². The van der Waals surface area contributed by atoms with Crippen LogP contribution in [0.3, 0.4) is 0 Å². The summed E-state index contributed by atoms with van der Waals surface area (Å²) in [5.41, 5.74) is 6.59. The zero-order valence-corrected chi connectivity index (χ0v) is 14.2. The van der Waals surface area contributed by atoms with Gasteiger partial charge in [-0.15, -0.1) is 11.3 Å². The Hall–Kier alpha value is -3.52. The van der Waals surface area contributed by atoms with Crippen molar-refractivity contribution >= 4 is 39.3 Å². The molecule has 0 amide bonds. The van der Waals surface area contributed by atoms with Crippen LogP contribution in [0, 0.1) is 10.1 Å². The fraction of sp³-hybridized carbons (Fsp3) is 0. The van der Waals surface area contributed by atoms with Gasteiger partial charge in [-0.05, 0) is 18.2 Å². The molecule has 0 aliphatic rings. The Balaban J connectivity index is 1.47. The van der Waals surface area contributed by atoms with Gasteiger partial charge in [0.25, 0.3) is 5.69 Å². The maximum absolute atomic E-state index is 10.7. The number of hydrogen-bond donors (Lipinski definition) is 2. The van der Waals surface area contributed by atoms with Gasteiger partial charge in [0.05, 0.1) is 16.8 Å². The second-order valence-corrected chi connectivity index (χ2v) is 6.36. The SMILES string of the molecule is O=[N+]([O-])c1ccc(-c2csc(N/N=C\c3c[nH]c4ccccc34)n2)cc1. The molecule has 2 N–H and O–H groups in total. The van der Waals surface area contributed by atoms with E-state index in [9.17, 15) is 10.1 Å². The van der Waals surface area contributed by atoms with Gasteiger partial charge >= 0.3 is 0 Å². The number of H-pyrrole nitrogens is 1. The number of fused-ring (bicyclic) bond motifs is 1. The van der Waals surface area contributed by atoms with Gasteiger partial charge in [0.1, 0.15) is 0 Å². The highest BCUT2D eigenvalue weighted by molar-refractivity contribution is 7.14. The van der Waals surface area contributed by atoms with Gasteiger partial charge < -0.3 is 4.98 Å². The molecule has 0 atom stereocenters. The summed E-state index contributed by atoms with van der Waals surface area (Å²) in [6.07, 6.45) is 3.64. The smallest absolute Gasteiger partial charge is 0.269 e. The first-order valence-electron chi connectivity index (χ1n) is 7.76. The van der Waals surface area contributed by atoms with Crippen molar-refractivity contribution < 1.29 is 4.92 Å². The predicted octanol–water partition coefficient (Wildman–Crippen LogP) is 4.65. The molecule has 4 aromatic rings. The Morgan fingerprint density at radius 3 is 2.81 bits per heavy atom. The van der Waals surface area contributed by atoms with E-state index in [1.54, 1.807) is 18.3 Å². The number of nitrogens with one attached hydrogen (secondary N) is 2. The Labute approximate surface area is 152 Å². The minimum absolute atomic E-state index is 0.0608. The summed E-state index contributed by atoms with van der Waals surface area (Å²) in [7, 11) is 0. The molecule has 0 bridgehead atoms. The van der Waals surface area contributed by atoms with Crippen LogP contribution in [0.25, 0.3) is 22.2 Å². The minimum Gasteiger partial charge on any atom is -0.361 e. The van der Waals surface area contributed by atoms with Gasteiger partial charge in [-0.25, -0.2) is 4.98 Å². The summed E-state index contributed by atoms with van der Waals surface area (Å²) in [5.74, 6) is 0. The van der Waals surface area contributed by atoms with Crippen LogP contribution in [0.5, 0.6) is 0 Å². The van der Waals surface area contributed by atoms with Crippen molar-refractivity contribution in [2.24, 2.45) is 5.10 Å². The predicted molar refractivity (Wildman–Crippen MR) is 104 cm³/mol. The van der Waals surface area contributed by atoms with Gasteiger partial charge in [0.15, 0.2) is 0 Å². The van der Waals surface area contributed by atoms with Crippen LogP contribution in [0.4, 0.5) is 10.8 Å². The maximum Gasteiger partial charge on any atom is 0.269 e. The molecule has 0 saturated heterocycles. The van der Waals surface area contributed by atoms with Crippen molar-refractivity contribution in [2.75, 3.05) is 5.43 Å². The lowest BCUT2D eigenvalue weighted by Crippen LogP contribution is -1.90. The molecule has 8 heteroatoms. The van der Waals surface area contributed by atoms with E-state index >= 15 is 0 Å². The molecule has 0 radical (unpaired) electrons. The molecule has 0 aliphatic carbocycles. The summed E-state index contributed by atoms with van der Waals surface area (Å²) in [5, 5.41) is 18.6. The van der Waals surface area contributed by atoms with E-state index in [0.29, 0.717) is 5.13 Å². The average Bonchev–Trinajstić information content (AvgIpc) is 3.29. The Morgan fingerprint density at radius 1 is 1.19 bits per heavy atom. The fourth-order valence-corrected chi connectivity index (χ4v) is 3.24. The number of hydrogen-bond acceptors (Lipinski definition) is 6. The van der Waals surface area contributed by atoms with Crippen molar-refractivity contribution in [3.8, 4) is 11.3 Å². The summed E-state index contributed by atoms with van der Waals surface area (Å²) >= 11 is 1.42. The third kappa shape index (κ3) is 3.17. The molecule has 26 heavy (non-hydrogen) atoms. The lowest BCUT2D eigenvalue weighted by atomic mass is 10.1. The van der Waals surface area contributed by atoms with Crippen molar-refractivity contribution in [1.82, 2.24) is 9.97 Å². The highest BCUT2D eigenvalue weighted by Gasteiger charge is 2.08. The number of nitro benzene ring substituents is 1. The standard InChI is InChI=1S/C18H13N5O2S/c24-23(25)14-7-5-12(6-8-14)17-11-26-18(21-17)22-20-10-13-9-19-16-4-2-1-3-15(13)16/h1-11,19H,(H,21,22)/b20-10-. The number of anilines is 1. The van der Waals surface area contributed by atoms with Crippen LogP contribution < -0.4 is 5.43 Å². The van der Waals surface area contributed by atoms with Crippen molar-refractivity contribution in [1.29, 1.82) is 0 Å². The molecule has 2 aromatic carbocycles. The van der Waals surface area contributed by atoms with Crippen LogP contribution >= 0.6 is 11.3 Å². The van der Waals surface area contributed by atoms with E-state index in [-0.39, 0.29) is 5.69 Å². The largest absolute Gasteiger partial charge is 0.361 e. The molecule has 2 aromatic heterocycles. The first-order valence-corrected chi connectivity index (χ1v) is 8.64. The molecule has 4 rings (SSSR count). The van der Waals surface area contributed by atoms with Crippen LogP contribution in [0.15, 0.2) is 65.2 Å². The van der Waals surface area contributed by atoms with E-state index in [1.165, 1.54) is 23.5 Å². The monoisotopic (exact) mass is 363 g/mol. The van der Waals surface area contributed by atoms with E-state index in [0.717, 1.165) is 27.7 Å². The molecule has 0 saturated carbocycles. The number of rotatable bonds is 5. The van der Waals surface area contributed by atoms with Gasteiger partial charge in [-0.3, -0.25) is 15.5 Å². The summed E-state index contributed by atoms with van der Waals surface area (Å²) in [4.78, 5) is 17.9. The van der Waals surface area contributed by atoms with Crippen LogP contribution in [-0.2, 0) is 0 Å². The number of para-hydroxylation sites is 1. The lowest BCUT2D eigenvalue weighted by molar-refractivity contribution is -0.384. The highest BCUT2D eigenvalue weighted by atomic mass is 32.1. The summed E-state index contributed by atoms with van der Waals surface area (Å²) in [6.45, 7) is 0. The quantitative estimate of drug-likeness (QED) is 0.306. The number of non-ortho nitro benzene ring substituents is 1. The van der Waals surface area contributed by atoms with Crippen LogP contribution in [-0.4, -0.2) is 21.1 Å². The first-order chi connectivity index (χ1) is 12.7. The van der Waals surface area contributed by atoms with E-state index in [4.69, 9.17) is 0 Å². The van der Waals surface area contributed by atoms with Gasteiger partial charge in [-0.2, -0.15) is 5.10 Å². The van der Waals surface area contributed by atoms with Gasteiger partial charge in [0.2, 0.25) is 5.13 Å². The first kappa shape index (κ1) is 16.0. The zero-order chi connectivity index (χ0) is 17.9. The molecular formula is C18H13N5O2S. The fourth-order valence-electron chi connectivity index (χ4n) is 2.57. The number of hydrazone groups is 1. The van der Waals surface area contributed by atoms with Crippen molar-refractivity contribution in [3.63, 3.8) is 0 Å². The second kappa shape index (κ2) is 6.77. The van der Waals surface area contributed by atoms with Gasteiger partial charge in [0, 0.05) is 45.7 Å². The molecule has 2 heterocycles. The van der Waals surface area contributed by atoms with E-state index in [1.807, 2.05) is 35.8 Å². The summed E-state index contributed by atoms with van der Waals surface area (Å²) < 4.78 is 0. The van der Waals surface area contributed by atoms with Crippen molar-refractivity contribution in [3.05, 3.63) is 75.8 Å². The summed E-state index contributed by atoms with van der Waals surface area (Å²) in [6, 6.07) is 14.3. The number of aromatic amines is 1. The van der Waals surface area contributed by atoms with Crippen LogP contribution in [0.1, 0.15) is 5.56 Å². The average molecular weight is 363 g/mol. The molecule has 128 valence electrons. The molecule has 0 unspecified atom stereocenters. The second-order valence-electron chi connectivity index (χ2n) is 5.50. The van der Waals surface area contributed by atoms with Crippen LogP contribution in [0.2, 0.25) is 0 Å². The minimum atomic E-state index is -0.419. The Morgan fingerprint density at radius 2 is 2.00 bits per heavy atom. The number of aromatic nitrogens is 2. The number of benzene rings is 2. The molecular weight excluding hydrogens is 350 g/mol. The molecule has 0 spiro atoms. The maximum atomic E-state index is 10.7. The molecule has 0 aliphatic heterocycles. The number of thiazole rings is 1. The number of nitrogens with zero attached hydrogens (tertiary/aromatic N) is 3. The topological polar surface area (TPSA) is 96.2 Å². The zero-order valence-electron chi connectivity index (χ0n) is 13.4.